The molecule has 90 valence electrons. The Balaban J connectivity index is 3.00. The van der Waals surface area contributed by atoms with Crippen molar-refractivity contribution in [2.75, 3.05) is 25.0 Å². The van der Waals surface area contributed by atoms with Crippen LogP contribution in [0.1, 0.15) is 37.3 Å². The van der Waals surface area contributed by atoms with Gasteiger partial charge in [-0.3, -0.25) is 0 Å². The molecule has 1 aromatic carbocycles. The number of hydrogen-bond donors (Lipinski definition) is 1. The molecule has 0 aliphatic heterocycles. The van der Waals surface area contributed by atoms with Gasteiger partial charge < -0.3 is 10.6 Å². The highest BCUT2D eigenvalue weighted by Gasteiger charge is 2.12. The smallest absolute Gasteiger partial charge is 0.0428 e. The molecular weight excluding hydrogens is 196 g/mol. The van der Waals surface area contributed by atoms with E-state index in [4.69, 9.17) is 5.73 Å². The van der Waals surface area contributed by atoms with Gasteiger partial charge in [0.25, 0.3) is 0 Å². The third-order valence-electron chi connectivity index (χ3n) is 2.97. The molecule has 0 atom stereocenters. The molecule has 0 radical (unpaired) electrons. The maximum Gasteiger partial charge on any atom is 0.0428 e. The summed E-state index contributed by atoms with van der Waals surface area (Å²) in [7, 11) is 2.16. The fraction of sp³-hybridized carbons (Fsp3) is 0.571. The second kappa shape index (κ2) is 5.90. The van der Waals surface area contributed by atoms with E-state index in [2.05, 4.69) is 50.9 Å². The van der Waals surface area contributed by atoms with Gasteiger partial charge in [0.15, 0.2) is 0 Å². The summed E-state index contributed by atoms with van der Waals surface area (Å²) in [6.45, 7) is 8.46. The molecule has 2 N–H and O–H groups in total. The molecule has 0 saturated carbocycles. The van der Waals surface area contributed by atoms with E-state index in [1.165, 1.54) is 16.8 Å². The summed E-state index contributed by atoms with van der Waals surface area (Å²) in [4.78, 5) is 2.33. The number of hydrogen-bond acceptors (Lipinski definition) is 2. The number of para-hydroxylation sites is 1. The molecule has 0 saturated heterocycles. The first-order valence-corrected chi connectivity index (χ1v) is 6.08. The van der Waals surface area contributed by atoms with E-state index in [0.29, 0.717) is 5.92 Å². The Bertz CT molecular complexity index is 332. The van der Waals surface area contributed by atoms with E-state index in [-0.39, 0.29) is 0 Å². The molecule has 0 amide bonds. The van der Waals surface area contributed by atoms with Crippen LogP contribution in [-0.2, 0) is 0 Å². The van der Waals surface area contributed by atoms with Crippen LogP contribution in [0.25, 0.3) is 0 Å². The van der Waals surface area contributed by atoms with E-state index in [0.717, 1.165) is 19.5 Å². The lowest BCUT2D eigenvalue weighted by Crippen LogP contribution is -2.23. The average Bonchev–Trinajstić information content (AvgIpc) is 2.25. The van der Waals surface area contributed by atoms with Gasteiger partial charge in [-0.2, -0.15) is 0 Å². The van der Waals surface area contributed by atoms with Crippen molar-refractivity contribution in [2.24, 2.45) is 5.73 Å². The molecule has 0 bridgehead atoms. The summed E-state index contributed by atoms with van der Waals surface area (Å²) < 4.78 is 0. The summed E-state index contributed by atoms with van der Waals surface area (Å²) in [5.41, 5.74) is 9.73. The molecule has 0 spiro atoms. The van der Waals surface area contributed by atoms with E-state index in [1.54, 1.807) is 0 Å². The molecule has 16 heavy (non-hydrogen) atoms. The van der Waals surface area contributed by atoms with Gasteiger partial charge in [-0.25, -0.2) is 0 Å². The first-order valence-electron chi connectivity index (χ1n) is 6.08. The zero-order valence-corrected chi connectivity index (χ0v) is 11.0. The molecule has 0 aliphatic rings. The zero-order chi connectivity index (χ0) is 12.1. The topological polar surface area (TPSA) is 29.3 Å². The van der Waals surface area contributed by atoms with Crippen molar-refractivity contribution in [1.82, 2.24) is 0 Å². The van der Waals surface area contributed by atoms with Crippen LogP contribution in [0.4, 0.5) is 5.69 Å². The van der Waals surface area contributed by atoms with Crippen LogP contribution in [0, 0.1) is 6.92 Å². The Kier molecular flexibility index (Phi) is 4.81. The van der Waals surface area contributed by atoms with Crippen molar-refractivity contribution in [3.05, 3.63) is 29.3 Å². The summed E-state index contributed by atoms with van der Waals surface area (Å²) in [5.74, 6) is 0.565. The first-order chi connectivity index (χ1) is 7.57. The molecule has 1 rings (SSSR count). The van der Waals surface area contributed by atoms with Crippen LogP contribution in [0.5, 0.6) is 0 Å². The molecule has 2 nitrogen and oxygen atoms in total. The Labute approximate surface area is 99.5 Å². The third kappa shape index (κ3) is 2.99. The zero-order valence-electron chi connectivity index (χ0n) is 11.0. The van der Waals surface area contributed by atoms with Gasteiger partial charge in [-0.15, -0.1) is 0 Å². The first kappa shape index (κ1) is 13.0. The molecule has 0 unspecified atom stereocenters. The maximum atomic E-state index is 5.56. The normalized spacial score (nSPS) is 10.9. The number of rotatable bonds is 5. The Morgan fingerprint density at radius 3 is 2.56 bits per heavy atom. The number of aryl methyl sites for hydroxylation is 1. The van der Waals surface area contributed by atoms with Gasteiger partial charge in [-0.05, 0) is 36.9 Å². The second-order valence-corrected chi connectivity index (χ2v) is 4.73. The standard InChI is InChI=1S/C14H24N2/c1-11(2)13-8-5-7-12(3)14(13)16(4)10-6-9-15/h5,7-8,11H,6,9-10,15H2,1-4H3. The lowest BCUT2D eigenvalue weighted by molar-refractivity contribution is 0.778. The van der Waals surface area contributed by atoms with Crippen LogP contribution in [0.3, 0.4) is 0 Å². The minimum atomic E-state index is 0.565. The summed E-state index contributed by atoms with van der Waals surface area (Å²) >= 11 is 0. The number of nitrogens with zero attached hydrogens (tertiary/aromatic N) is 1. The van der Waals surface area contributed by atoms with Crippen LogP contribution in [0.15, 0.2) is 18.2 Å². The van der Waals surface area contributed by atoms with Crippen LogP contribution in [0.2, 0.25) is 0 Å². The monoisotopic (exact) mass is 220 g/mol. The maximum absolute atomic E-state index is 5.56. The molecular formula is C14H24N2. The van der Waals surface area contributed by atoms with Gasteiger partial charge in [0.1, 0.15) is 0 Å². The van der Waals surface area contributed by atoms with Gasteiger partial charge >= 0.3 is 0 Å². The second-order valence-electron chi connectivity index (χ2n) is 4.73. The number of anilines is 1. The highest BCUT2D eigenvalue weighted by molar-refractivity contribution is 5.59. The van der Waals surface area contributed by atoms with E-state index >= 15 is 0 Å². The largest absolute Gasteiger partial charge is 0.374 e. The predicted molar refractivity (Wildman–Crippen MR) is 72.2 cm³/mol. The van der Waals surface area contributed by atoms with E-state index in [1.807, 2.05) is 0 Å². The highest BCUT2D eigenvalue weighted by Crippen LogP contribution is 2.30. The van der Waals surface area contributed by atoms with E-state index in [9.17, 15) is 0 Å². The van der Waals surface area contributed by atoms with E-state index < -0.39 is 0 Å². The average molecular weight is 220 g/mol. The summed E-state index contributed by atoms with van der Waals surface area (Å²) in [5, 5.41) is 0. The minimum absolute atomic E-state index is 0.565. The Hall–Kier alpha value is -1.02. The SMILES string of the molecule is Cc1cccc(C(C)C)c1N(C)CCCN. The molecule has 2 heteroatoms. The van der Waals surface area contributed by atoms with Crippen molar-refractivity contribution >= 4 is 5.69 Å². The molecule has 1 aromatic rings. The summed E-state index contributed by atoms with van der Waals surface area (Å²) in [6, 6.07) is 6.55. The Morgan fingerprint density at radius 1 is 1.31 bits per heavy atom. The van der Waals surface area contributed by atoms with Crippen molar-refractivity contribution in [1.29, 1.82) is 0 Å². The van der Waals surface area contributed by atoms with Crippen LogP contribution < -0.4 is 10.6 Å². The van der Waals surface area contributed by atoms with Gasteiger partial charge in [0.05, 0.1) is 0 Å². The molecule has 0 aliphatic carbocycles. The number of nitrogens with two attached hydrogens (primary N) is 1. The highest BCUT2D eigenvalue weighted by atomic mass is 15.1. The van der Waals surface area contributed by atoms with Crippen molar-refractivity contribution in [2.45, 2.75) is 33.1 Å². The fourth-order valence-electron chi connectivity index (χ4n) is 2.11. The predicted octanol–water partition coefficient (Wildman–Crippen LogP) is 2.90. The van der Waals surface area contributed by atoms with Gasteiger partial charge in [-0.1, -0.05) is 32.0 Å². The lowest BCUT2D eigenvalue weighted by Gasteiger charge is -2.26. The van der Waals surface area contributed by atoms with Crippen molar-refractivity contribution < 1.29 is 0 Å². The summed E-state index contributed by atoms with van der Waals surface area (Å²) in [6.07, 6.45) is 1.04. The van der Waals surface area contributed by atoms with Crippen LogP contribution >= 0.6 is 0 Å². The van der Waals surface area contributed by atoms with Gasteiger partial charge in [0, 0.05) is 19.3 Å². The lowest BCUT2D eigenvalue weighted by atomic mass is 9.97. The minimum Gasteiger partial charge on any atom is -0.374 e. The number of benzene rings is 1. The molecule has 0 heterocycles. The Morgan fingerprint density at radius 2 is 2.00 bits per heavy atom. The van der Waals surface area contributed by atoms with Crippen molar-refractivity contribution in [3.63, 3.8) is 0 Å². The molecule has 0 aromatic heterocycles. The fourth-order valence-corrected chi connectivity index (χ4v) is 2.11. The van der Waals surface area contributed by atoms with Crippen LogP contribution in [-0.4, -0.2) is 20.1 Å². The third-order valence-corrected chi connectivity index (χ3v) is 2.97. The van der Waals surface area contributed by atoms with Gasteiger partial charge in [0.2, 0.25) is 0 Å². The molecule has 0 fully saturated rings. The van der Waals surface area contributed by atoms with Crippen molar-refractivity contribution in [3.8, 4) is 0 Å². The quantitative estimate of drug-likeness (QED) is 0.826.